The number of nitriles is 1. The van der Waals surface area contributed by atoms with Crippen molar-refractivity contribution >= 4 is 45.3 Å². The van der Waals surface area contributed by atoms with Gasteiger partial charge in [-0.1, -0.05) is 22.7 Å². The van der Waals surface area contributed by atoms with E-state index in [1.54, 1.807) is 0 Å². The summed E-state index contributed by atoms with van der Waals surface area (Å²) in [7, 11) is 0. The molecule has 0 saturated heterocycles. The van der Waals surface area contributed by atoms with Gasteiger partial charge in [0.25, 0.3) is 0 Å². The molecule has 1 N–H and O–H groups in total. The zero-order chi connectivity index (χ0) is 15.5. The molecule has 0 aliphatic carbocycles. The summed E-state index contributed by atoms with van der Waals surface area (Å²) in [5.74, 6) is -1.84. The van der Waals surface area contributed by atoms with E-state index in [-0.39, 0.29) is 0 Å². The minimum Gasteiger partial charge on any atom is -0.330 e. The Hall–Kier alpha value is -2.09. The van der Waals surface area contributed by atoms with Crippen LogP contribution in [0.3, 0.4) is 0 Å². The van der Waals surface area contributed by atoms with Crippen LogP contribution in [0.4, 0.5) is 19.6 Å². The molecular formula is C12H5F2N5S3. The molecule has 110 valence electrons. The summed E-state index contributed by atoms with van der Waals surface area (Å²) in [5.41, 5.74) is 0.382. The highest BCUT2D eigenvalue weighted by Gasteiger charge is 2.10. The van der Waals surface area contributed by atoms with E-state index in [1.165, 1.54) is 46.7 Å². The number of hydrogen-bond acceptors (Lipinski definition) is 8. The van der Waals surface area contributed by atoms with Crippen molar-refractivity contribution in [3.63, 3.8) is 0 Å². The van der Waals surface area contributed by atoms with Gasteiger partial charge in [0.05, 0.1) is 6.20 Å². The Bertz CT molecular complexity index is 855. The molecule has 22 heavy (non-hydrogen) atoms. The van der Waals surface area contributed by atoms with Gasteiger partial charge in [-0.05, 0) is 23.9 Å². The van der Waals surface area contributed by atoms with Crippen LogP contribution < -0.4 is 5.32 Å². The second-order valence-electron chi connectivity index (χ2n) is 3.83. The lowest BCUT2D eigenvalue weighted by Crippen LogP contribution is -1.92. The number of anilines is 2. The fourth-order valence-electron chi connectivity index (χ4n) is 1.43. The van der Waals surface area contributed by atoms with E-state index in [9.17, 15) is 8.78 Å². The SMILES string of the molecule is N#Cc1cnc(Sc2nnc(Nc3ccc(F)c(F)c3)s2)s1. The Morgan fingerprint density at radius 2 is 2.00 bits per heavy atom. The number of benzene rings is 1. The van der Waals surface area contributed by atoms with Crippen LogP contribution in [0, 0.1) is 23.0 Å². The number of thiazole rings is 1. The average molecular weight is 353 g/mol. The second kappa shape index (κ2) is 6.35. The zero-order valence-corrected chi connectivity index (χ0v) is 13.0. The lowest BCUT2D eigenvalue weighted by molar-refractivity contribution is 0.509. The number of halogens is 2. The summed E-state index contributed by atoms with van der Waals surface area (Å²) >= 11 is 3.80. The topological polar surface area (TPSA) is 74.5 Å². The van der Waals surface area contributed by atoms with Gasteiger partial charge in [-0.2, -0.15) is 5.26 Å². The van der Waals surface area contributed by atoms with Crippen molar-refractivity contribution in [2.24, 2.45) is 0 Å². The predicted molar refractivity (Wildman–Crippen MR) is 80.5 cm³/mol. The van der Waals surface area contributed by atoms with Crippen LogP contribution in [0.25, 0.3) is 0 Å². The van der Waals surface area contributed by atoms with Crippen molar-refractivity contribution in [2.75, 3.05) is 5.32 Å². The normalized spacial score (nSPS) is 10.4. The summed E-state index contributed by atoms with van der Waals surface area (Å²) in [5, 5.41) is 19.9. The molecule has 2 heterocycles. The molecule has 0 radical (unpaired) electrons. The highest BCUT2D eigenvalue weighted by Crippen LogP contribution is 2.34. The van der Waals surface area contributed by atoms with Crippen molar-refractivity contribution < 1.29 is 8.78 Å². The van der Waals surface area contributed by atoms with Crippen LogP contribution in [-0.4, -0.2) is 15.2 Å². The molecule has 1 aromatic carbocycles. The van der Waals surface area contributed by atoms with Gasteiger partial charge in [0.1, 0.15) is 10.9 Å². The highest BCUT2D eigenvalue weighted by molar-refractivity contribution is 8.02. The van der Waals surface area contributed by atoms with Crippen molar-refractivity contribution in [3.8, 4) is 6.07 Å². The van der Waals surface area contributed by atoms with Crippen molar-refractivity contribution in [3.05, 3.63) is 40.9 Å². The van der Waals surface area contributed by atoms with Crippen molar-refractivity contribution in [1.82, 2.24) is 15.2 Å². The number of nitrogens with one attached hydrogen (secondary N) is 1. The molecule has 0 fully saturated rings. The van der Waals surface area contributed by atoms with E-state index in [0.29, 0.717) is 24.4 Å². The third kappa shape index (κ3) is 3.38. The largest absolute Gasteiger partial charge is 0.330 e. The lowest BCUT2D eigenvalue weighted by atomic mass is 10.3. The number of nitrogens with zero attached hydrogens (tertiary/aromatic N) is 4. The van der Waals surface area contributed by atoms with Crippen LogP contribution in [0.5, 0.6) is 0 Å². The van der Waals surface area contributed by atoms with Gasteiger partial charge in [0, 0.05) is 11.8 Å². The van der Waals surface area contributed by atoms with Gasteiger partial charge in [-0.25, -0.2) is 13.8 Å². The maximum absolute atomic E-state index is 13.1. The van der Waals surface area contributed by atoms with Crippen molar-refractivity contribution in [2.45, 2.75) is 8.68 Å². The summed E-state index contributed by atoms with van der Waals surface area (Å²) in [6.07, 6.45) is 1.49. The van der Waals surface area contributed by atoms with Gasteiger partial charge in [-0.15, -0.1) is 10.2 Å². The predicted octanol–water partition coefficient (Wildman–Crippen LogP) is 4.04. The molecule has 0 unspecified atom stereocenters. The van der Waals surface area contributed by atoms with Gasteiger partial charge in [0.2, 0.25) is 5.13 Å². The summed E-state index contributed by atoms with van der Waals surface area (Å²) < 4.78 is 27.3. The molecule has 5 nitrogen and oxygen atoms in total. The average Bonchev–Trinajstić information content (AvgIpc) is 3.13. The third-order valence-electron chi connectivity index (χ3n) is 2.35. The standard InChI is InChI=1S/C12H5F2N5S3/c13-8-2-1-6(3-9(8)14)17-10-18-19-12(21-10)22-11-16-5-7(4-15)20-11/h1-3,5H,(H,17,18). The van der Waals surface area contributed by atoms with E-state index in [4.69, 9.17) is 5.26 Å². The molecule has 3 aromatic rings. The van der Waals surface area contributed by atoms with Crippen LogP contribution in [-0.2, 0) is 0 Å². The Balaban J connectivity index is 1.70. The first kappa shape index (κ1) is 14.8. The summed E-state index contributed by atoms with van der Waals surface area (Å²) in [6.45, 7) is 0. The van der Waals surface area contributed by atoms with Crippen molar-refractivity contribution in [1.29, 1.82) is 5.26 Å². The molecular weight excluding hydrogens is 348 g/mol. The van der Waals surface area contributed by atoms with Crippen LogP contribution in [0.1, 0.15) is 4.88 Å². The first-order chi connectivity index (χ1) is 10.6. The van der Waals surface area contributed by atoms with E-state index < -0.39 is 11.6 Å². The summed E-state index contributed by atoms with van der Waals surface area (Å²) in [6, 6.07) is 5.50. The molecule has 0 atom stereocenters. The molecule has 10 heteroatoms. The Morgan fingerprint density at radius 3 is 2.73 bits per heavy atom. The van der Waals surface area contributed by atoms with Gasteiger partial charge in [-0.3, -0.25) is 0 Å². The first-order valence-electron chi connectivity index (χ1n) is 5.73. The molecule has 0 amide bonds. The van der Waals surface area contributed by atoms with Gasteiger partial charge in [0.15, 0.2) is 20.3 Å². The monoisotopic (exact) mass is 353 g/mol. The highest BCUT2D eigenvalue weighted by atomic mass is 32.2. The van der Waals surface area contributed by atoms with Crippen LogP contribution >= 0.6 is 34.4 Å². The van der Waals surface area contributed by atoms with E-state index in [2.05, 4.69) is 20.5 Å². The fraction of sp³-hybridized carbons (Fsp3) is 0. The van der Waals surface area contributed by atoms with E-state index in [1.807, 2.05) is 6.07 Å². The van der Waals surface area contributed by atoms with E-state index >= 15 is 0 Å². The molecule has 0 aliphatic rings. The molecule has 0 saturated carbocycles. The number of hydrogen-bond donors (Lipinski definition) is 1. The molecule has 0 spiro atoms. The van der Waals surface area contributed by atoms with Crippen LogP contribution in [0.2, 0.25) is 0 Å². The quantitative estimate of drug-likeness (QED) is 0.763. The maximum atomic E-state index is 13.1. The smallest absolute Gasteiger partial charge is 0.210 e. The number of aromatic nitrogens is 3. The maximum Gasteiger partial charge on any atom is 0.210 e. The molecule has 3 rings (SSSR count). The Labute approximate surface area is 135 Å². The minimum absolute atomic E-state index is 0.382. The molecule has 0 aliphatic heterocycles. The Kier molecular flexibility index (Phi) is 4.28. The lowest BCUT2D eigenvalue weighted by Gasteiger charge is -2.01. The molecule has 2 aromatic heterocycles. The first-order valence-corrected chi connectivity index (χ1v) is 8.18. The molecule has 0 bridgehead atoms. The fourth-order valence-corrected chi connectivity index (χ4v) is 4.18. The van der Waals surface area contributed by atoms with E-state index in [0.717, 1.165) is 12.1 Å². The van der Waals surface area contributed by atoms with Crippen LogP contribution in [0.15, 0.2) is 33.1 Å². The number of rotatable bonds is 4. The third-order valence-corrected chi connectivity index (χ3v) is 5.21. The second-order valence-corrected chi connectivity index (χ2v) is 7.33. The van der Waals surface area contributed by atoms with Gasteiger partial charge < -0.3 is 5.32 Å². The minimum atomic E-state index is -0.934. The summed E-state index contributed by atoms with van der Waals surface area (Å²) in [4.78, 5) is 4.60. The Morgan fingerprint density at radius 1 is 1.14 bits per heavy atom. The van der Waals surface area contributed by atoms with Gasteiger partial charge >= 0.3 is 0 Å². The zero-order valence-electron chi connectivity index (χ0n) is 10.6.